The van der Waals surface area contributed by atoms with E-state index in [-0.39, 0.29) is 17.9 Å². The fourth-order valence-corrected chi connectivity index (χ4v) is 4.14. The fraction of sp³-hybridized carbons (Fsp3) is 0.250. The summed E-state index contributed by atoms with van der Waals surface area (Å²) >= 11 is 0. The minimum Gasteiger partial charge on any atom is -0.507 e. The van der Waals surface area contributed by atoms with Crippen molar-refractivity contribution < 1.29 is 19.4 Å². The molecule has 1 unspecified atom stereocenters. The molecule has 35 heavy (non-hydrogen) atoms. The summed E-state index contributed by atoms with van der Waals surface area (Å²) < 4.78 is 5.70. The maximum Gasteiger partial charge on any atom is 0.295 e. The Morgan fingerprint density at radius 2 is 1.86 bits per heavy atom. The predicted molar refractivity (Wildman–Crippen MR) is 135 cm³/mol. The molecule has 3 aromatic rings. The minimum atomic E-state index is -0.744. The molecule has 2 aromatic carbocycles. The van der Waals surface area contributed by atoms with Gasteiger partial charge in [0.05, 0.1) is 18.2 Å². The molecule has 4 rings (SSSR count). The van der Waals surface area contributed by atoms with Crippen LogP contribution in [0.4, 0.5) is 5.69 Å². The Morgan fingerprint density at radius 1 is 1.09 bits per heavy atom. The third-order valence-electron chi connectivity index (χ3n) is 5.92. The number of aliphatic hydroxyl groups is 1. The van der Waals surface area contributed by atoms with E-state index in [9.17, 15) is 14.7 Å². The Bertz CT molecular complexity index is 1240. The molecule has 7 nitrogen and oxygen atoms in total. The van der Waals surface area contributed by atoms with Gasteiger partial charge in [-0.2, -0.15) is 0 Å². The Hall–Kier alpha value is -4.13. The van der Waals surface area contributed by atoms with E-state index in [1.807, 2.05) is 56.3 Å². The molecule has 0 bridgehead atoms. The number of benzene rings is 2. The van der Waals surface area contributed by atoms with Crippen molar-refractivity contribution in [2.75, 3.05) is 25.6 Å². The number of amides is 1. The Labute approximate surface area is 205 Å². The van der Waals surface area contributed by atoms with Crippen molar-refractivity contribution in [1.82, 2.24) is 9.88 Å². The van der Waals surface area contributed by atoms with Gasteiger partial charge in [-0.25, -0.2) is 0 Å². The van der Waals surface area contributed by atoms with Crippen LogP contribution in [0.25, 0.3) is 5.76 Å². The summed E-state index contributed by atoms with van der Waals surface area (Å²) in [6.45, 7) is 2.74. The van der Waals surface area contributed by atoms with Crippen LogP contribution in [-0.2, 0) is 16.1 Å². The first-order valence-electron chi connectivity index (χ1n) is 11.6. The fourth-order valence-electron chi connectivity index (χ4n) is 4.14. The Morgan fingerprint density at radius 3 is 2.51 bits per heavy atom. The van der Waals surface area contributed by atoms with Crippen molar-refractivity contribution >= 4 is 23.1 Å². The molecule has 1 fully saturated rings. The van der Waals surface area contributed by atoms with E-state index < -0.39 is 17.7 Å². The van der Waals surface area contributed by atoms with Gasteiger partial charge in [0.15, 0.2) is 0 Å². The smallest absolute Gasteiger partial charge is 0.295 e. The van der Waals surface area contributed by atoms with Gasteiger partial charge in [-0.1, -0.05) is 37.3 Å². The molecule has 2 heterocycles. The van der Waals surface area contributed by atoms with Crippen molar-refractivity contribution in [1.29, 1.82) is 0 Å². The Balaban J connectivity index is 1.82. The summed E-state index contributed by atoms with van der Waals surface area (Å²) in [5, 5.41) is 11.3. The third kappa shape index (κ3) is 5.04. The van der Waals surface area contributed by atoms with Crippen LogP contribution in [0.5, 0.6) is 5.75 Å². The number of aromatic nitrogens is 1. The highest BCUT2D eigenvalue weighted by Crippen LogP contribution is 2.41. The highest BCUT2D eigenvalue weighted by molar-refractivity contribution is 6.46. The van der Waals surface area contributed by atoms with E-state index >= 15 is 0 Å². The van der Waals surface area contributed by atoms with Gasteiger partial charge in [0.1, 0.15) is 11.5 Å². The molecule has 1 saturated heterocycles. The largest absolute Gasteiger partial charge is 0.507 e. The SMILES string of the molecule is CCCOc1cccc(C(O)=C2C(=O)C(=O)N(Cc3cccnc3)C2c2ccc(N(C)C)cc2)c1. The number of likely N-dealkylation sites (tertiary alicyclic amines) is 1. The van der Waals surface area contributed by atoms with E-state index in [1.165, 1.54) is 4.90 Å². The number of carbonyl (C=O) groups excluding carboxylic acids is 2. The molecule has 1 aliphatic heterocycles. The zero-order valence-corrected chi connectivity index (χ0v) is 20.1. The number of aliphatic hydroxyl groups excluding tert-OH is 1. The molecule has 180 valence electrons. The van der Waals surface area contributed by atoms with Gasteiger partial charge >= 0.3 is 0 Å². The normalized spacial score (nSPS) is 17.0. The standard InChI is InChI=1S/C28H29N3O4/c1-4-15-35-23-9-5-8-21(16-23)26(32)24-25(20-10-12-22(13-11-20)30(2)3)31(28(34)27(24)33)18-19-7-6-14-29-17-19/h5-14,16-17,25,32H,4,15,18H2,1-3H3. The summed E-state index contributed by atoms with van der Waals surface area (Å²) in [7, 11) is 3.88. The molecule has 1 aromatic heterocycles. The van der Waals surface area contributed by atoms with Gasteiger partial charge < -0.3 is 19.6 Å². The van der Waals surface area contributed by atoms with Crippen LogP contribution in [0.15, 0.2) is 78.6 Å². The predicted octanol–water partition coefficient (Wildman–Crippen LogP) is 4.56. The van der Waals surface area contributed by atoms with Crippen LogP contribution in [0.1, 0.15) is 36.1 Å². The second kappa shape index (κ2) is 10.4. The number of hydrogen-bond donors (Lipinski definition) is 1. The van der Waals surface area contributed by atoms with Crippen LogP contribution in [-0.4, -0.2) is 47.4 Å². The third-order valence-corrected chi connectivity index (χ3v) is 5.92. The van der Waals surface area contributed by atoms with E-state index in [0.717, 1.165) is 23.2 Å². The van der Waals surface area contributed by atoms with E-state index in [2.05, 4.69) is 4.98 Å². The van der Waals surface area contributed by atoms with Crippen LogP contribution in [0.2, 0.25) is 0 Å². The van der Waals surface area contributed by atoms with Crippen molar-refractivity contribution in [2.24, 2.45) is 0 Å². The zero-order valence-electron chi connectivity index (χ0n) is 20.1. The van der Waals surface area contributed by atoms with Crippen LogP contribution in [0.3, 0.4) is 0 Å². The molecule has 1 N–H and O–H groups in total. The second-order valence-electron chi connectivity index (χ2n) is 8.65. The van der Waals surface area contributed by atoms with Crippen molar-refractivity contribution in [3.05, 3.63) is 95.3 Å². The van der Waals surface area contributed by atoms with Gasteiger partial charge in [-0.05, 0) is 47.9 Å². The molecular formula is C28H29N3O4. The molecule has 0 aliphatic carbocycles. The second-order valence-corrected chi connectivity index (χ2v) is 8.65. The lowest BCUT2D eigenvalue weighted by Gasteiger charge is -2.26. The lowest BCUT2D eigenvalue weighted by molar-refractivity contribution is -0.140. The molecule has 1 aliphatic rings. The highest BCUT2D eigenvalue weighted by atomic mass is 16.5. The van der Waals surface area contributed by atoms with Gasteiger partial charge in [0, 0.05) is 44.3 Å². The maximum atomic E-state index is 13.3. The Kier molecular flexibility index (Phi) is 7.15. The van der Waals surface area contributed by atoms with Crippen LogP contribution >= 0.6 is 0 Å². The molecule has 0 spiro atoms. The van der Waals surface area contributed by atoms with Crippen LogP contribution < -0.4 is 9.64 Å². The van der Waals surface area contributed by atoms with E-state index in [1.54, 1.807) is 42.7 Å². The number of ether oxygens (including phenoxy) is 1. The monoisotopic (exact) mass is 471 g/mol. The molecule has 0 radical (unpaired) electrons. The summed E-state index contributed by atoms with van der Waals surface area (Å²) in [5.74, 6) is -1.00. The van der Waals surface area contributed by atoms with Crippen molar-refractivity contribution in [2.45, 2.75) is 25.9 Å². The van der Waals surface area contributed by atoms with Gasteiger partial charge in [-0.3, -0.25) is 14.6 Å². The van der Waals surface area contributed by atoms with E-state index in [4.69, 9.17) is 4.74 Å². The molecule has 7 heteroatoms. The number of anilines is 1. The number of carbonyl (C=O) groups is 2. The van der Waals surface area contributed by atoms with Crippen LogP contribution in [0, 0.1) is 0 Å². The molecule has 0 saturated carbocycles. The number of hydrogen-bond acceptors (Lipinski definition) is 6. The molecular weight excluding hydrogens is 442 g/mol. The number of nitrogens with zero attached hydrogens (tertiary/aromatic N) is 3. The lowest BCUT2D eigenvalue weighted by atomic mass is 9.95. The number of rotatable bonds is 8. The average Bonchev–Trinajstić information content (AvgIpc) is 3.12. The number of ketones is 1. The maximum absolute atomic E-state index is 13.3. The topological polar surface area (TPSA) is 83.0 Å². The zero-order chi connectivity index (χ0) is 24.9. The minimum absolute atomic E-state index is 0.0594. The number of pyridine rings is 1. The summed E-state index contributed by atoms with van der Waals surface area (Å²) in [4.78, 5) is 34.1. The average molecular weight is 472 g/mol. The first-order valence-corrected chi connectivity index (χ1v) is 11.6. The highest BCUT2D eigenvalue weighted by Gasteiger charge is 2.46. The van der Waals surface area contributed by atoms with Gasteiger partial charge in [0.25, 0.3) is 11.7 Å². The first-order chi connectivity index (χ1) is 16.9. The summed E-state index contributed by atoms with van der Waals surface area (Å²) in [6.07, 6.45) is 4.17. The van der Waals surface area contributed by atoms with Gasteiger partial charge in [-0.15, -0.1) is 0 Å². The molecule has 1 atom stereocenters. The van der Waals surface area contributed by atoms with Crippen molar-refractivity contribution in [3.8, 4) is 5.75 Å². The summed E-state index contributed by atoms with van der Waals surface area (Å²) in [5.41, 5.74) is 2.99. The van der Waals surface area contributed by atoms with Crippen molar-refractivity contribution in [3.63, 3.8) is 0 Å². The lowest BCUT2D eigenvalue weighted by Crippen LogP contribution is -2.29. The summed E-state index contributed by atoms with van der Waals surface area (Å²) in [6, 6.07) is 17.5. The van der Waals surface area contributed by atoms with E-state index in [0.29, 0.717) is 17.9 Å². The first kappa shape index (κ1) is 24.0. The molecule has 1 amide bonds. The van der Waals surface area contributed by atoms with Gasteiger partial charge in [0.2, 0.25) is 0 Å². The number of Topliss-reactive ketones (excluding diaryl/α,β-unsaturated/α-hetero) is 1. The quantitative estimate of drug-likeness (QED) is 0.295.